The Labute approximate surface area is 234 Å². The van der Waals surface area contributed by atoms with Gasteiger partial charge >= 0.3 is 0 Å². The van der Waals surface area contributed by atoms with E-state index in [0.29, 0.717) is 0 Å². The molecule has 0 N–H and O–H groups in total. The Kier molecular flexibility index (Phi) is 9.75. The fourth-order valence-corrected chi connectivity index (χ4v) is 14.0. The second-order valence-electron chi connectivity index (χ2n) is 4.58. The van der Waals surface area contributed by atoms with Crippen LogP contribution in [0.2, 0.25) is 0 Å². The van der Waals surface area contributed by atoms with Crippen LogP contribution in [0.15, 0.2) is 51.1 Å². The zero-order chi connectivity index (χ0) is 19.2. The molecule has 0 aliphatic rings. The molecule has 0 aliphatic carbocycles. The third-order valence-corrected chi connectivity index (χ3v) is 14.3. The molecule has 25 heavy (non-hydrogen) atoms. The van der Waals surface area contributed by atoms with Gasteiger partial charge in [0.15, 0.2) is 5.13 Å². The van der Waals surface area contributed by atoms with E-state index < -0.39 is 5.13 Å². The first-order valence-corrected chi connectivity index (χ1v) is 14.9. The lowest BCUT2D eigenvalue weighted by Crippen LogP contribution is -2.15. The quantitative estimate of drug-likeness (QED) is 0.217. The zero-order valence-corrected chi connectivity index (χ0v) is 28.2. The molecule has 11 heteroatoms. The minimum Gasteiger partial charge on any atom is -0.0927 e. The predicted molar refractivity (Wildman–Crippen MR) is 146 cm³/mol. The fraction of sp³-hybridized carbons (Fsp3) is 0.143. The Balaban J connectivity index is 2.46. The Morgan fingerprint density at radius 1 is 0.520 bits per heavy atom. The van der Waals surface area contributed by atoms with Gasteiger partial charge in [0.1, 0.15) is 0 Å². The van der Waals surface area contributed by atoms with Crippen molar-refractivity contribution in [3.8, 4) is 0 Å². The number of hydrogen-bond acceptors (Lipinski definition) is 1. The van der Waals surface area contributed by atoms with Gasteiger partial charge in [0.2, 0.25) is 0 Å². The Hall–Kier alpha value is 3.59. The molecule has 2 rings (SSSR count). The maximum Gasteiger partial charge on any atom is 0.154 e. The molecular formula is C14H4Br10S. The van der Waals surface area contributed by atoms with E-state index in [4.69, 9.17) is 0 Å². The van der Waals surface area contributed by atoms with Crippen LogP contribution in [0, 0.1) is 0 Å². The summed E-state index contributed by atoms with van der Waals surface area (Å²) < 4.78 is 4.65. The molecule has 0 nitrogen and oxygen atoms in total. The number of hydrogen-bond donors (Lipinski definition) is 0. The monoisotopic (exact) mass is 993 g/mol. The van der Waals surface area contributed by atoms with E-state index in [9.17, 15) is 0 Å². The first-order chi connectivity index (χ1) is 11.4. The van der Waals surface area contributed by atoms with Crippen molar-refractivity contribution in [2.45, 2.75) is 5.13 Å². The zero-order valence-electron chi connectivity index (χ0n) is 11.5. The molecule has 0 saturated heterocycles. The summed E-state index contributed by atoms with van der Waals surface area (Å²) in [6.07, 6.45) is 0. The highest BCUT2D eigenvalue weighted by atomic mass is 79.9. The standard InChI is InChI=1S/C14H4Br10S/c15-7-3-1-5(9(17)11(7)19)13(21,22)25-14(23,24)6-2-4-8(16)12(20)10(6)18/h1-4H. The fourth-order valence-electron chi connectivity index (χ4n) is 1.77. The van der Waals surface area contributed by atoms with Crippen molar-refractivity contribution in [3.63, 3.8) is 0 Å². The Morgan fingerprint density at radius 3 is 1.16 bits per heavy atom. The summed E-state index contributed by atoms with van der Waals surface area (Å²) in [5, 5.41) is 0. The smallest absolute Gasteiger partial charge is 0.0927 e. The highest BCUT2D eigenvalue weighted by Gasteiger charge is 2.41. The first kappa shape index (κ1) is 24.9. The average molecular weight is 1000 g/mol. The van der Waals surface area contributed by atoms with Crippen molar-refractivity contribution < 1.29 is 0 Å². The van der Waals surface area contributed by atoms with Gasteiger partial charge in [-0.2, -0.15) is 0 Å². The predicted octanol–water partition coefficient (Wildman–Crippen LogP) is 11.5. The van der Waals surface area contributed by atoms with Crippen LogP contribution >= 0.6 is 171 Å². The van der Waals surface area contributed by atoms with Gasteiger partial charge in [-0.25, -0.2) is 0 Å². The molecule has 0 fully saturated rings. The summed E-state index contributed by atoms with van der Waals surface area (Å²) >= 11 is 38.4. The van der Waals surface area contributed by atoms with Crippen molar-refractivity contribution in [1.82, 2.24) is 0 Å². The average Bonchev–Trinajstić information content (AvgIpc) is 2.48. The highest BCUT2D eigenvalue weighted by molar-refractivity contribution is 9.30. The number of halogens is 10. The minimum atomic E-state index is -0.561. The van der Waals surface area contributed by atoms with Crippen LogP contribution in [0.5, 0.6) is 0 Å². The summed E-state index contributed by atoms with van der Waals surface area (Å²) in [5.74, 6) is 0. The SMILES string of the molecule is Brc1ccc(C(Br)(Br)SC(Br)(Br)c2ccc(Br)c(Br)c2Br)c(Br)c1Br. The minimum absolute atomic E-state index is 0.561. The van der Waals surface area contributed by atoms with E-state index in [1.165, 1.54) is 0 Å². The largest absolute Gasteiger partial charge is 0.154 e. The van der Waals surface area contributed by atoms with Gasteiger partial charge in [-0.05, 0) is 108 Å². The van der Waals surface area contributed by atoms with Crippen LogP contribution in [-0.4, -0.2) is 0 Å². The van der Waals surface area contributed by atoms with E-state index in [0.717, 1.165) is 38.0 Å². The maximum absolute atomic E-state index is 3.81. The molecule has 0 heterocycles. The van der Waals surface area contributed by atoms with Crippen LogP contribution in [0.4, 0.5) is 0 Å². The van der Waals surface area contributed by atoms with Crippen molar-refractivity contribution in [1.29, 1.82) is 0 Å². The molecule has 0 atom stereocenters. The molecule has 0 spiro atoms. The van der Waals surface area contributed by atoms with Gasteiger partial charge in [-0.3, -0.25) is 0 Å². The van der Waals surface area contributed by atoms with E-state index in [2.05, 4.69) is 159 Å². The lowest BCUT2D eigenvalue weighted by molar-refractivity contribution is 1.24. The molecule has 136 valence electrons. The van der Waals surface area contributed by atoms with E-state index in [1.54, 1.807) is 11.8 Å². The molecule has 0 amide bonds. The van der Waals surface area contributed by atoms with Gasteiger partial charge in [-0.15, -0.1) is 0 Å². The summed E-state index contributed by atoms with van der Waals surface area (Å²) in [4.78, 5) is 0. The van der Waals surface area contributed by atoms with Gasteiger partial charge < -0.3 is 0 Å². The normalized spacial score (nSPS) is 12.6. The molecule has 0 unspecified atom stereocenters. The molecule has 0 radical (unpaired) electrons. The third kappa shape index (κ3) is 5.85. The highest BCUT2D eigenvalue weighted by Crippen LogP contribution is 2.64. The molecule has 0 aromatic heterocycles. The van der Waals surface area contributed by atoms with Gasteiger partial charge in [0, 0.05) is 38.0 Å². The molecule has 2 aromatic carbocycles. The van der Waals surface area contributed by atoms with Crippen molar-refractivity contribution in [3.05, 3.63) is 62.2 Å². The third-order valence-electron chi connectivity index (χ3n) is 2.95. The molecule has 0 bridgehead atoms. The van der Waals surface area contributed by atoms with E-state index in [1.807, 2.05) is 24.3 Å². The van der Waals surface area contributed by atoms with Gasteiger partial charge in [-0.1, -0.05) is 87.6 Å². The van der Waals surface area contributed by atoms with Crippen molar-refractivity contribution in [2.24, 2.45) is 0 Å². The lowest BCUT2D eigenvalue weighted by Gasteiger charge is -2.31. The van der Waals surface area contributed by atoms with Crippen molar-refractivity contribution in [2.75, 3.05) is 0 Å². The van der Waals surface area contributed by atoms with Gasteiger partial charge in [0.05, 0.1) is 0 Å². The second-order valence-corrected chi connectivity index (χ2v) is 19.9. The lowest BCUT2D eigenvalue weighted by atomic mass is 10.2. The summed E-state index contributed by atoms with van der Waals surface area (Å²) in [5.41, 5.74) is 2.06. The van der Waals surface area contributed by atoms with Crippen molar-refractivity contribution >= 4 is 171 Å². The van der Waals surface area contributed by atoms with Crippen LogP contribution in [0.3, 0.4) is 0 Å². The van der Waals surface area contributed by atoms with Crippen LogP contribution < -0.4 is 0 Å². The summed E-state index contributed by atoms with van der Waals surface area (Å²) in [6, 6.07) is 8.08. The van der Waals surface area contributed by atoms with Crippen LogP contribution in [0.1, 0.15) is 11.1 Å². The second kappa shape index (κ2) is 9.81. The topological polar surface area (TPSA) is 0 Å². The molecule has 0 aliphatic heterocycles. The molecule has 2 aromatic rings. The maximum atomic E-state index is 3.81. The number of thioether (sulfide) groups is 1. The number of alkyl halides is 4. The van der Waals surface area contributed by atoms with E-state index in [-0.39, 0.29) is 0 Å². The van der Waals surface area contributed by atoms with Crippen LogP contribution in [0.25, 0.3) is 0 Å². The summed E-state index contributed by atoms with van der Waals surface area (Å²) in [6.45, 7) is 0. The first-order valence-electron chi connectivity index (χ1n) is 6.12. The molecule has 0 saturated carbocycles. The summed E-state index contributed by atoms with van der Waals surface area (Å²) in [7, 11) is 0. The Morgan fingerprint density at radius 2 is 0.840 bits per heavy atom. The molecular weight excluding hydrogens is 999 g/mol. The number of benzene rings is 2. The number of rotatable bonds is 4. The van der Waals surface area contributed by atoms with Crippen LogP contribution in [-0.2, 0) is 5.13 Å². The van der Waals surface area contributed by atoms with E-state index >= 15 is 0 Å². The van der Waals surface area contributed by atoms with Gasteiger partial charge in [0.25, 0.3) is 0 Å². The Bertz CT molecular complexity index is 750.